The van der Waals surface area contributed by atoms with E-state index in [-0.39, 0.29) is 17.8 Å². The van der Waals surface area contributed by atoms with Gasteiger partial charge >= 0.3 is 5.97 Å². The molecule has 0 saturated carbocycles. The minimum absolute atomic E-state index is 0.212. The highest BCUT2D eigenvalue weighted by atomic mass is 16.6. The monoisotopic (exact) mass is 404 g/mol. The molecule has 0 aliphatic heterocycles. The topological polar surface area (TPSA) is 80.9 Å². The molecule has 0 fully saturated rings. The van der Waals surface area contributed by atoms with E-state index in [0.717, 1.165) is 34.9 Å². The highest BCUT2D eigenvalue weighted by Crippen LogP contribution is 2.30. The Balaban J connectivity index is 1.62. The van der Waals surface area contributed by atoms with E-state index in [4.69, 9.17) is 9.15 Å². The average Bonchev–Trinajstić information content (AvgIpc) is 3.08. The molecule has 0 spiro atoms. The van der Waals surface area contributed by atoms with Crippen molar-refractivity contribution in [3.63, 3.8) is 0 Å². The largest absolute Gasteiger partial charge is 0.457 e. The maximum absolute atomic E-state index is 12.8. The van der Waals surface area contributed by atoms with Gasteiger partial charge in [0.15, 0.2) is 0 Å². The van der Waals surface area contributed by atoms with E-state index < -0.39 is 5.97 Å². The van der Waals surface area contributed by atoms with E-state index >= 15 is 0 Å². The number of furan rings is 1. The van der Waals surface area contributed by atoms with Crippen LogP contribution in [-0.2, 0) is 11.2 Å². The van der Waals surface area contributed by atoms with Crippen LogP contribution in [0.3, 0.4) is 0 Å². The lowest BCUT2D eigenvalue weighted by Gasteiger charge is -2.13. The van der Waals surface area contributed by atoms with Crippen molar-refractivity contribution in [1.82, 2.24) is 5.43 Å². The first-order chi connectivity index (χ1) is 14.5. The Kier molecular flexibility index (Phi) is 5.40. The predicted molar refractivity (Wildman–Crippen MR) is 115 cm³/mol. The van der Waals surface area contributed by atoms with Crippen molar-refractivity contribution in [2.24, 2.45) is 5.10 Å². The Hall–Kier alpha value is -3.41. The number of carbonyl (C=O) groups excluding carboxylic acids is 2. The number of amides is 1. The van der Waals surface area contributed by atoms with Crippen LogP contribution in [0.4, 0.5) is 0 Å². The molecule has 6 nitrogen and oxygen atoms in total. The number of benzene rings is 2. The molecule has 1 aliphatic carbocycles. The summed E-state index contributed by atoms with van der Waals surface area (Å²) in [6.07, 6.45) is 2.03. The summed E-state index contributed by atoms with van der Waals surface area (Å²) >= 11 is 0. The fourth-order valence-electron chi connectivity index (χ4n) is 3.84. The lowest BCUT2D eigenvalue weighted by atomic mass is 9.93. The van der Waals surface area contributed by atoms with Crippen molar-refractivity contribution in [3.8, 4) is 0 Å². The number of hydrogen-bond acceptors (Lipinski definition) is 5. The third-order valence-corrected chi connectivity index (χ3v) is 5.18. The zero-order valence-electron chi connectivity index (χ0n) is 17.3. The number of nitrogens with zero attached hydrogens (tertiary/aromatic N) is 1. The highest BCUT2D eigenvalue weighted by Gasteiger charge is 2.29. The first kappa shape index (κ1) is 19.9. The number of nitrogens with one attached hydrogen (secondary N) is 1. The predicted octanol–water partition coefficient (Wildman–Crippen LogP) is 4.78. The number of fused-ring (bicyclic) bond motifs is 2. The average molecular weight is 404 g/mol. The molecule has 30 heavy (non-hydrogen) atoms. The number of hydrogen-bond donors (Lipinski definition) is 1. The molecule has 0 unspecified atom stereocenters. The molecule has 0 bridgehead atoms. The number of ether oxygens (including phenoxy) is 1. The van der Waals surface area contributed by atoms with E-state index in [1.165, 1.54) is 0 Å². The quantitative estimate of drug-likeness (QED) is 0.501. The molecular formula is C24H24N2O4. The minimum atomic E-state index is -0.476. The van der Waals surface area contributed by atoms with Gasteiger partial charge < -0.3 is 9.15 Å². The van der Waals surface area contributed by atoms with Crippen molar-refractivity contribution in [2.45, 2.75) is 46.1 Å². The van der Waals surface area contributed by atoms with Gasteiger partial charge in [0.2, 0.25) is 5.76 Å². The van der Waals surface area contributed by atoms with Gasteiger partial charge in [-0.1, -0.05) is 36.4 Å². The van der Waals surface area contributed by atoms with Crippen molar-refractivity contribution in [2.75, 3.05) is 0 Å². The third kappa shape index (κ3) is 3.73. The van der Waals surface area contributed by atoms with Gasteiger partial charge in [0, 0.05) is 23.1 Å². The Morgan fingerprint density at radius 1 is 1.10 bits per heavy atom. The van der Waals surface area contributed by atoms with Crippen LogP contribution in [0.1, 0.15) is 64.5 Å². The summed E-state index contributed by atoms with van der Waals surface area (Å²) < 4.78 is 11.1. The van der Waals surface area contributed by atoms with Crippen molar-refractivity contribution in [1.29, 1.82) is 0 Å². The molecule has 1 heterocycles. The SMILES string of the molecule is Cc1c(C(=O)OC(C)C)oc2c1/C(=N/NC(=O)c1cccc3ccccc13)CCC2. The first-order valence-electron chi connectivity index (χ1n) is 10.1. The van der Waals surface area contributed by atoms with Crippen LogP contribution < -0.4 is 5.43 Å². The fourth-order valence-corrected chi connectivity index (χ4v) is 3.84. The van der Waals surface area contributed by atoms with Gasteiger partial charge in [-0.2, -0.15) is 5.10 Å². The van der Waals surface area contributed by atoms with Crippen molar-refractivity contribution in [3.05, 3.63) is 70.7 Å². The van der Waals surface area contributed by atoms with Crippen molar-refractivity contribution >= 4 is 28.4 Å². The molecule has 1 amide bonds. The fraction of sp³-hybridized carbons (Fsp3) is 0.292. The summed E-state index contributed by atoms with van der Waals surface area (Å²) in [6.45, 7) is 5.42. The number of esters is 1. The van der Waals surface area contributed by atoms with Gasteiger partial charge in [-0.3, -0.25) is 4.79 Å². The van der Waals surface area contributed by atoms with Crippen molar-refractivity contribution < 1.29 is 18.7 Å². The Morgan fingerprint density at radius 2 is 1.87 bits per heavy atom. The molecule has 3 aromatic rings. The molecule has 4 rings (SSSR count). The van der Waals surface area contributed by atoms with Crippen LogP contribution in [0, 0.1) is 6.92 Å². The van der Waals surface area contributed by atoms with Crippen LogP contribution in [0.5, 0.6) is 0 Å². The second kappa shape index (κ2) is 8.14. The van der Waals surface area contributed by atoms with Gasteiger partial charge in [-0.05, 0) is 50.5 Å². The summed E-state index contributed by atoms with van der Waals surface area (Å²) in [5.41, 5.74) is 5.48. The smallest absolute Gasteiger partial charge is 0.374 e. The molecule has 0 atom stereocenters. The number of carbonyl (C=O) groups is 2. The molecule has 1 aromatic heterocycles. The van der Waals surface area contributed by atoms with Gasteiger partial charge in [-0.15, -0.1) is 0 Å². The normalized spacial score (nSPS) is 14.7. The standard InChI is InChI=1S/C24H24N2O4/c1-14(2)29-24(28)22-15(3)21-19(12-7-13-20(21)30-22)25-26-23(27)18-11-6-9-16-8-4-5-10-17(16)18/h4-6,8-11,14H,7,12-13H2,1-3H3,(H,26,27)/b25-19+. The van der Waals surface area contributed by atoms with Crippen LogP contribution >= 0.6 is 0 Å². The molecule has 0 saturated heterocycles. The van der Waals surface area contributed by atoms with Gasteiger partial charge in [0.1, 0.15) is 5.76 Å². The Labute approximate surface area is 174 Å². The Bertz CT molecular complexity index is 1150. The summed E-state index contributed by atoms with van der Waals surface area (Å²) in [5, 5.41) is 6.28. The zero-order chi connectivity index (χ0) is 21.3. The minimum Gasteiger partial charge on any atom is -0.457 e. The summed E-state index contributed by atoms with van der Waals surface area (Å²) in [5.74, 6) is 0.180. The molecule has 154 valence electrons. The molecule has 2 aromatic carbocycles. The molecule has 1 aliphatic rings. The Morgan fingerprint density at radius 3 is 2.67 bits per heavy atom. The lowest BCUT2D eigenvalue weighted by molar-refractivity contribution is 0.0338. The zero-order valence-corrected chi connectivity index (χ0v) is 17.3. The summed E-state index contributed by atoms with van der Waals surface area (Å²) in [4.78, 5) is 25.2. The highest BCUT2D eigenvalue weighted by molar-refractivity contribution is 6.09. The molecule has 1 N–H and O–H groups in total. The number of rotatable bonds is 4. The van der Waals surface area contributed by atoms with Crippen LogP contribution in [0.2, 0.25) is 0 Å². The van der Waals surface area contributed by atoms with Crippen LogP contribution in [0.25, 0.3) is 10.8 Å². The number of hydrazone groups is 1. The second-order valence-electron chi connectivity index (χ2n) is 7.69. The van der Waals surface area contributed by atoms with E-state index in [0.29, 0.717) is 23.3 Å². The summed E-state index contributed by atoms with van der Waals surface area (Å²) in [6, 6.07) is 13.4. The van der Waals surface area contributed by atoms with E-state index in [1.54, 1.807) is 19.9 Å². The second-order valence-corrected chi connectivity index (χ2v) is 7.69. The van der Waals surface area contributed by atoms with Gasteiger partial charge in [-0.25, -0.2) is 10.2 Å². The third-order valence-electron chi connectivity index (χ3n) is 5.18. The first-order valence-corrected chi connectivity index (χ1v) is 10.1. The van der Waals surface area contributed by atoms with Crippen LogP contribution in [0.15, 0.2) is 52.0 Å². The lowest BCUT2D eigenvalue weighted by Crippen LogP contribution is -2.22. The number of aryl methyl sites for hydroxylation is 1. The van der Waals surface area contributed by atoms with Crippen LogP contribution in [-0.4, -0.2) is 23.7 Å². The van der Waals surface area contributed by atoms with Gasteiger partial charge in [0.25, 0.3) is 5.91 Å². The van der Waals surface area contributed by atoms with Gasteiger partial charge in [0.05, 0.1) is 11.8 Å². The van der Waals surface area contributed by atoms with E-state index in [2.05, 4.69) is 10.5 Å². The molecular weight excluding hydrogens is 380 g/mol. The molecule has 0 radical (unpaired) electrons. The maximum Gasteiger partial charge on any atom is 0.374 e. The van der Waals surface area contributed by atoms with E-state index in [9.17, 15) is 9.59 Å². The van der Waals surface area contributed by atoms with E-state index in [1.807, 2.05) is 43.3 Å². The molecule has 6 heteroatoms. The summed E-state index contributed by atoms with van der Waals surface area (Å²) in [7, 11) is 0. The maximum atomic E-state index is 12.8.